The van der Waals surface area contributed by atoms with E-state index in [1.807, 2.05) is 0 Å². The van der Waals surface area contributed by atoms with Gasteiger partial charge in [0.15, 0.2) is 0 Å². The summed E-state index contributed by atoms with van der Waals surface area (Å²) in [6.45, 7) is 4.38. The normalized spacial score (nSPS) is 17.4. The molecule has 5 nitrogen and oxygen atoms in total. The molecule has 0 N–H and O–H groups in total. The molecular formula is C15H20N2O3S. The number of benzene rings is 1. The molecular weight excluding hydrogens is 288 g/mol. The van der Waals surface area contributed by atoms with Gasteiger partial charge in [0.1, 0.15) is 5.75 Å². The summed E-state index contributed by atoms with van der Waals surface area (Å²) in [5, 5.41) is 8.91. The van der Waals surface area contributed by atoms with Crippen molar-refractivity contribution in [1.29, 1.82) is 5.26 Å². The molecule has 0 atom stereocenters. The molecule has 1 fully saturated rings. The highest BCUT2D eigenvalue weighted by molar-refractivity contribution is 7.89. The van der Waals surface area contributed by atoms with Gasteiger partial charge in [-0.1, -0.05) is 0 Å². The Bertz CT molecular complexity index is 646. The maximum Gasteiger partial charge on any atom is 0.243 e. The van der Waals surface area contributed by atoms with Gasteiger partial charge in [0, 0.05) is 19.0 Å². The van der Waals surface area contributed by atoms with Crippen LogP contribution in [-0.2, 0) is 10.0 Å². The highest BCUT2D eigenvalue weighted by atomic mass is 32.2. The zero-order valence-corrected chi connectivity index (χ0v) is 13.4. The molecule has 6 heteroatoms. The maximum atomic E-state index is 12.8. The molecule has 21 heavy (non-hydrogen) atoms. The second-order valence-electron chi connectivity index (χ2n) is 5.40. The molecule has 1 aromatic carbocycles. The largest absolute Gasteiger partial charge is 0.497 e. The van der Waals surface area contributed by atoms with Crippen molar-refractivity contribution < 1.29 is 13.2 Å². The van der Waals surface area contributed by atoms with E-state index in [4.69, 9.17) is 10.00 Å². The fourth-order valence-corrected chi connectivity index (χ4v) is 4.67. The van der Waals surface area contributed by atoms with E-state index in [0.717, 1.165) is 0 Å². The number of piperidine rings is 1. The van der Waals surface area contributed by atoms with Gasteiger partial charge in [-0.25, -0.2) is 8.42 Å². The van der Waals surface area contributed by atoms with Crippen molar-refractivity contribution in [2.45, 2.75) is 31.6 Å². The summed E-state index contributed by atoms with van der Waals surface area (Å²) < 4.78 is 32.3. The van der Waals surface area contributed by atoms with Gasteiger partial charge in [-0.15, -0.1) is 0 Å². The molecule has 0 saturated carbocycles. The first-order valence-electron chi connectivity index (χ1n) is 6.95. The van der Waals surface area contributed by atoms with Crippen LogP contribution in [0.25, 0.3) is 0 Å². The molecule has 1 saturated heterocycles. The molecule has 0 aliphatic carbocycles. The van der Waals surface area contributed by atoms with Gasteiger partial charge in [0.05, 0.1) is 18.1 Å². The number of ether oxygens (including phenoxy) is 1. The van der Waals surface area contributed by atoms with Crippen LogP contribution in [0.1, 0.15) is 24.0 Å². The summed E-state index contributed by atoms with van der Waals surface area (Å²) in [5.74, 6) is 0.627. The molecule has 1 aliphatic heterocycles. The van der Waals surface area contributed by atoms with E-state index >= 15 is 0 Å². The number of hydrogen-bond acceptors (Lipinski definition) is 4. The minimum absolute atomic E-state index is 0.0329. The van der Waals surface area contributed by atoms with Gasteiger partial charge in [-0.2, -0.15) is 9.57 Å². The molecule has 114 valence electrons. The number of nitriles is 1. The molecule has 1 aromatic rings. The van der Waals surface area contributed by atoms with E-state index in [1.54, 1.807) is 33.1 Å². The monoisotopic (exact) mass is 308 g/mol. The van der Waals surface area contributed by atoms with E-state index in [0.29, 0.717) is 47.7 Å². The Morgan fingerprint density at radius 1 is 1.24 bits per heavy atom. The van der Waals surface area contributed by atoms with Gasteiger partial charge in [-0.05, 0) is 49.9 Å². The van der Waals surface area contributed by atoms with Crippen molar-refractivity contribution in [2.75, 3.05) is 20.2 Å². The second kappa shape index (κ2) is 6.04. The van der Waals surface area contributed by atoms with Crippen LogP contribution in [0.15, 0.2) is 17.0 Å². The Hall–Kier alpha value is -1.58. The van der Waals surface area contributed by atoms with Crippen molar-refractivity contribution in [3.05, 3.63) is 23.3 Å². The molecule has 0 bridgehead atoms. The topological polar surface area (TPSA) is 70.4 Å². The minimum Gasteiger partial charge on any atom is -0.497 e. The highest BCUT2D eigenvalue weighted by Gasteiger charge is 2.31. The van der Waals surface area contributed by atoms with Gasteiger partial charge >= 0.3 is 0 Å². The average molecular weight is 308 g/mol. The Labute approximate surface area is 126 Å². The number of hydrogen-bond donors (Lipinski definition) is 0. The van der Waals surface area contributed by atoms with Crippen molar-refractivity contribution in [3.63, 3.8) is 0 Å². The first kappa shape index (κ1) is 15.8. The first-order valence-corrected chi connectivity index (χ1v) is 8.39. The third-order valence-corrected chi connectivity index (χ3v) is 6.11. The third kappa shape index (κ3) is 3.04. The molecule has 0 spiro atoms. The number of sulfonamides is 1. The van der Waals surface area contributed by atoms with Crippen LogP contribution in [0.2, 0.25) is 0 Å². The van der Waals surface area contributed by atoms with Gasteiger partial charge < -0.3 is 4.74 Å². The van der Waals surface area contributed by atoms with Crippen molar-refractivity contribution in [3.8, 4) is 11.8 Å². The summed E-state index contributed by atoms with van der Waals surface area (Å²) in [4.78, 5) is 0.360. The summed E-state index contributed by atoms with van der Waals surface area (Å²) in [7, 11) is -1.95. The molecule has 1 aliphatic rings. The lowest BCUT2D eigenvalue weighted by atomic mass is 10.0. The lowest BCUT2D eigenvalue weighted by Gasteiger charge is -2.29. The second-order valence-corrected chi connectivity index (χ2v) is 7.27. The molecule has 0 unspecified atom stereocenters. The van der Waals surface area contributed by atoms with E-state index in [1.165, 1.54) is 4.31 Å². The number of nitrogens with zero attached hydrogens (tertiary/aromatic N) is 2. The van der Waals surface area contributed by atoms with E-state index in [-0.39, 0.29) is 5.92 Å². The van der Waals surface area contributed by atoms with E-state index in [2.05, 4.69) is 6.07 Å². The summed E-state index contributed by atoms with van der Waals surface area (Å²) in [5.41, 5.74) is 1.38. The first-order chi connectivity index (χ1) is 9.90. The standard InChI is InChI=1S/C15H20N2O3S/c1-11-8-14(20-3)9-12(2)15(11)21(18,19)17-6-4-13(10-16)5-7-17/h8-9,13H,4-7H2,1-3H3. The number of methoxy groups -OCH3 is 1. The molecule has 2 rings (SSSR count). The Morgan fingerprint density at radius 2 is 1.76 bits per heavy atom. The zero-order valence-electron chi connectivity index (χ0n) is 12.6. The molecule has 0 aromatic heterocycles. The van der Waals surface area contributed by atoms with E-state index < -0.39 is 10.0 Å². The van der Waals surface area contributed by atoms with Gasteiger partial charge in [0.25, 0.3) is 0 Å². The maximum absolute atomic E-state index is 12.8. The Kier molecular flexibility index (Phi) is 4.55. The van der Waals surface area contributed by atoms with Crippen LogP contribution >= 0.6 is 0 Å². The van der Waals surface area contributed by atoms with Crippen LogP contribution in [0.3, 0.4) is 0 Å². The Balaban J connectivity index is 2.35. The fourth-order valence-electron chi connectivity index (χ4n) is 2.79. The van der Waals surface area contributed by atoms with Gasteiger partial charge in [0.2, 0.25) is 10.0 Å². The predicted molar refractivity (Wildman–Crippen MR) is 79.6 cm³/mol. The van der Waals surface area contributed by atoms with Crippen LogP contribution in [0, 0.1) is 31.1 Å². The summed E-state index contributed by atoms with van der Waals surface area (Å²) in [6.07, 6.45) is 1.20. The fraction of sp³-hybridized carbons (Fsp3) is 0.533. The SMILES string of the molecule is COc1cc(C)c(S(=O)(=O)N2CCC(C#N)CC2)c(C)c1. The summed E-state index contributed by atoms with van der Waals surface area (Å²) in [6, 6.07) is 5.69. The van der Waals surface area contributed by atoms with Crippen molar-refractivity contribution >= 4 is 10.0 Å². The Morgan fingerprint density at radius 3 is 2.19 bits per heavy atom. The van der Waals surface area contributed by atoms with Crippen molar-refractivity contribution in [2.24, 2.45) is 5.92 Å². The predicted octanol–water partition coefficient (Wildman–Crippen LogP) is 2.24. The molecule has 0 radical (unpaired) electrons. The third-order valence-electron chi connectivity index (χ3n) is 3.90. The van der Waals surface area contributed by atoms with Crippen LogP contribution in [0.4, 0.5) is 0 Å². The van der Waals surface area contributed by atoms with Crippen LogP contribution in [0.5, 0.6) is 5.75 Å². The minimum atomic E-state index is -3.51. The molecule has 1 heterocycles. The lowest BCUT2D eigenvalue weighted by Crippen LogP contribution is -2.38. The smallest absolute Gasteiger partial charge is 0.243 e. The van der Waals surface area contributed by atoms with Crippen molar-refractivity contribution in [1.82, 2.24) is 4.31 Å². The van der Waals surface area contributed by atoms with Gasteiger partial charge in [-0.3, -0.25) is 0 Å². The zero-order chi connectivity index (χ0) is 15.6. The molecule has 0 amide bonds. The highest BCUT2D eigenvalue weighted by Crippen LogP contribution is 2.30. The average Bonchev–Trinajstić information content (AvgIpc) is 2.46. The van der Waals surface area contributed by atoms with Crippen LogP contribution in [-0.4, -0.2) is 32.9 Å². The van der Waals surface area contributed by atoms with Crippen LogP contribution < -0.4 is 4.74 Å². The number of aryl methyl sites for hydroxylation is 2. The van der Waals surface area contributed by atoms with E-state index in [9.17, 15) is 8.42 Å². The lowest BCUT2D eigenvalue weighted by molar-refractivity contribution is 0.309. The quantitative estimate of drug-likeness (QED) is 0.858. The number of rotatable bonds is 3. The summed E-state index contributed by atoms with van der Waals surface area (Å²) >= 11 is 0.